The predicted octanol–water partition coefficient (Wildman–Crippen LogP) is 7.52. The monoisotopic (exact) mass is 428 g/mol. The topological polar surface area (TPSA) is 9.23 Å². The van der Waals surface area contributed by atoms with E-state index in [0.29, 0.717) is 12.5 Å². The molecule has 26 heavy (non-hydrogen) atoms. The Kier molecular flexibility index (Phi) is 7.36. The Balaban J connectivity index is 1.41. The van der Waals surface area contributed by atoms with E-state index in [1.165, 1.54) is 63.5 Å². The molecule has 2 saturated carbocycles. The van der Waals surface area contributed by atoms with Gasteiger partial charge < -0.3 is 4.74 Å². The fourth-order valence-electron chi connectivity index (χ4n) is 5.01. The molecular formula is C22H31BrF2O. The van der Waals surface area contributed by atoms with Crippen LogP contribution in [0.25, 0.3) is 0 Å². The number of hydrogen-bond acceptors (Lipinski definition) is 1. The van der Waals surface area contributed by atoms with Gasteiger partial charge in [-0.1, -0.05) is 32.6 Å². The number of ether oxygens (including phenoxy) is 1. The molecule has 2 aliphatic carbocycles. The Morgan fingerprint density at radius 2 is 1.46 bits per heavy atom. The van der Waals surface area contributed by atoms with Crippen LogP contribution >= 0.6 is 15.9 Å². The molecule has 0 saturated heterocycles. The van der Waals surface area contributed by atoms with E-state index in [2.05, 4.69) is 22.9 Å². The van der Waals surface area contributed by atoms with E-state index in [9.17, 15) is 8.78 Å². The van der Waals surface area contributed by atoms with E-state index >= 15 is 0 Å². The van der Waals surface area contributed by atoms with Crippen LogP contribution in [0.5, 0.6) is 5.75 Å². The highest BCUT2D eigenvalue weighted by atomic mass is 79.9. The summed E-state index contributed by atoms with van der Waals surface area (Å²) in [7, 11) is 0. The van der Waals surface area contributed by atoms with Crippen LogP contribution in [0.4, 0.5) is 8.78 Å². The number of benzene rings is 1. The van der Waals surface area contributed by atoms with Crippen molar-refractivity contribution in [2.75, 3.05) is 6.61 Å². The van der Waals surface area contributed by atoms with E-state index < -0.39 is 11.6 Å². The first-order valence-electron chi connectivity index (χ1n) is 10.3. The molecular weight excluding hydrogens is 398 g/mol. The molecule has 4 heteroatoms. The van der Waals surface area contributed by atoms with Crippen LogP contribution in [0.1, 0.15) is 71.1 Å². The van der Waals surface area contributed by atoms with Gasteiger partial charge in [0.15, 0.2) is 11.6 Å². The average Bonchev–Trinajstić information content (AvgIpc) is 2.67. The summed E-state index contributed by atoms with van der Waals surface area (Å²) < 4.78 is 33.2. The van der Waals surface area contributed by atoms with Crippen molar-refractivity contribution in [2.45, 2.75) is 71.1 Å². The van der Waals surface area contributed by atoms with Crippen LogP contribution in [-0.2, 0) is 0 Å². The molecule has 146 valence electrons. The van der Waals surface area contributed by atoms with E-state index in [1.807, 2.05) is 0 Å². The third kappa shape index (κ3) is 4.99. The van der Waals surface area contributed by atoms with Gasteiger partial charge in [-0.3, -0.25) is 0 Å². The molecule has 3 rings (SSSR count). The summed E-state index contributed by atoms with van der Waals surface area (Å²) in [6.07, 6.45) is 13.3. The summed E-state index contributed by atoms with van der Waals surface area (Å²) in [6.45, 7) is 2.79. The van der Waals surface area contributed by atoms with Crippen molar-refractivity contribution in [3.63, 3.8) is 0 Å². The predicted molar refractivity (Wildman–Crippen MR) is 105 cm³/mol. The van der Waals surface area contributed by atoms with Gasteiger partial charge >= 0.3 is 0 Å². The van der Waals surface area contributed by atoms with Crippen molar-refractivity contribution in [3.8, 4) is 5.75 Å². The van der Waals surface area contributed by atoms with Crippen molar-refractivity contribution < 1.29 is 13.5 Å². The molecule has 2 fully saturated rings. The smallest absolute Gasteiger partial charge is 0.201 e. The molecule has 0 amide bonds. The lowest BCUT2D eigenvalue weighted by Crippen LogP contribution is -2.27. The molecule has 2 aliphatic rings. The molecule has 0 N–H and O–H groups in total. The highest BCUT2D eigenvalue weighted by Gasteiger charge is 2.31. The molecule has 1 aromatic rings. The van der Waals surface area contributed by atoms with Gasteiger partial charge in [-0.2, -0.15) is 4.39 Å². The summed E-state index contributed by atoms with van der Waals surface area (Å²) in [5.41, 5.74) is 0. The van der Waals surface area contributed by atoms with E-state index in [-0.39, 0.29) is 10.2 Å². The van der Waals surface area contributed by atoms with Crippen LogP contribution in [0.3, 0.4) is 0 Å². The van der Waals surface area contributed by atoms with Crippen molar-refractivity contribution in [3.05, 3.63) is 28.2 Å². The van der Waals surface area contributed by atoms with Crippen LogP contribution in [0.2, 0.25) is 0 Å². The lowest BCUT2D eigenvalue weighted by Gasteiger charge is -2.37. The molecule has 0 atom stereocenters. The molecule has 1 nitrogen and oxygen atoms in total. The molecule has 0 radical (unpaired) electrons. The number of halogens is 3. The van der Waals surface area contributed by atoms with E-state index in [1.54, 1.807) is 0 Å². The average molecular weight is 429 g/mol. The lowest BCUT2D eigenvalue weighted by atomic mass is 9.69. The van der Waals surface area contributed by atoms with Gasteiger partial charge in [0.1, 0.15) is 0 Å². The standard InChI is InChI=1S/C22H31BrF2O/c1-2-3-15-4-8-17(9-5-15)18-10-6-16(7-11-18)14-26-20-13-12-19(23)21(24)22(20)25/h12-13,15-18H,2-11,14H2,1H3. The summed E-state index contributed by atoms with van der Waals surface area (Å²) in [5, 5.41) is 0. The Bertz CT molecular complexity index is 576. The van der Waals surface area contributed by atoms with Gasteiger partial charge in [0.25, 0.3) is 0 Å². The Morgan fingerprint density at radius 1 is 0.885 bits per heavy atom. The maximum absolute atomic E-state index is 13.9. The highest BCUT2D eigenvalue weighted by molar-refractivity contribution is 9.10. The van der Waals surface area contributed by atoms with Crippen LogP contribution in [0, 0.1) is 35.3 Å². The van der Waals surface area contributed by atoms with Gasteiger partial charge in [0.2, 0.25) is 5.82 Å². The Labute approximate surface area is 165 Å². The van der Waals surface area contributed by atoms with E-state index in [0.717, 1.165) is 30.6 Å². The summed E-state index contributed by atoms with van der Waals surface area (Å²) in [5.74, 6) is 1.50. The first kappa shape index (κ1) is 20.1. The zero-order chi connectivity index (χ0) is 18.5. The Hall–Kier alpha value is -0.640. The van der Waals surface area contributed by atoms with Crippen molar-refractivity contribution in [1.82, 2.24) is 0 Å². The molecule has 0 aromatic heterocycles. The highest BCUT2D eigenvalue weighted by Crippen LogP contribution is 2.42. The molecule has 0 unspecified atom stereocenters. The quantitative estimate of drug-likeness (QED) is 0.425. The van der Waals surface area contributed by atoms with Gasteiger partial charge in [0, 0.05) is 0 Å². The maximum atomic E-state index is 13.9. The largest absolute Gasteiger partial charge is 0.490 e. The summed E-state index contributed by atoms with van der Waals surface area (Å²) in [6, 6.07) is 3.00. The molecule has 1 aromatic carbocycles. The van der Waals surface area contributed by atoms with E-state index in [4.69, 9.17) is 4.74 Å². The second kappa shape index (κ2) is 9.52. The third-order valence-electron chi connectivity index (χ3n) is 6.62. The van der Waals surface area contributed by atoms with Gasteiger partial charge in [-0.25, -0.2) is 4.39 Å². The van der Waals surface area contributed by atoms with Crippen molar-refractivity contribution in [2.24, 2.45) is 23.7 Å². The summed E-state index contributed by atoms with van der Waals surface area (Å²) >= 11 is 2.99. The summed E-state index contributed by atoms with van der Waals surface area (Å²) in [4.78, 5) is 0. The first-order valence-corrected chi connectivity index (χ1v) is 11.1. The van der Waals surface area contributed by atoms with Crippen LogP contribution in [0.15, 0.2) is 16.6 Å². The van der Waals surface area contributed by atoms with Crippen molar-refractivity contribution in [1.29, 1.82) is 0 Å². The van der Waals surface area contributed by atoms with Gasteiger partial charge in [-0.15, -0.1) is 0 Å². The van der Waals surface area contributed by atoms with Crippen molar-refractivity contribution >= 4 is 15.9 Å². The molecule has 0 spiro atoms. The third-order valence-corrected chi connectivity index (χ3v) is 7.23. The second-order valence-electron chi connectivity index (χ2n) is 8.33. The SMILES string of the molecule is CCCC1CCC(C2CCC(COc3ccc(Br)c(F)c3F)CC2)CC1. The minimum Gasteiger partial charge on any atom is -0.490 e. The fraction of sp³-hybridized carbons (Fsp3) is 0.727. The maximum Gasteiger partial charge on any atom is 0.201 e. The zero-order valence-corrected chi connectivity index (χ0v) is 17.4. The van der Waals surface area contributed by atoms with Crippen LogP contribution < -0.4 is 4.74 Å². The van der Waals surface area contributed by atoms with Crippen LogP contribution in [-0.4, -0.2) is 6.61 Å². The molecule has 0 heterocycles. The van der Waals surface area contributed by atoms with Gasteiger partial charge in [-0.05, 0) is 90.3 Å². The first-order chi connectivity index (χ1) is 12.6. The zero-order valence-electron chi connectivity index (χ0n) is 15.8. The minimum absolute atomic E-state index is 0.0297. The van der Waals surface area contributed by atoms with Gasteiger partial charge in [0.05, 0.1) is 11.1 Å². The normalized spacial score (nSPS) is 29.5. The fourth-order valence-corrected chi connectivity index (χ4v) is 5.32. The minimum atomic E-state index is -0.892. The molecule has 0 bridgehead atoms. The second-order valence-corrected chi connectivity index (χ2v) is 9.19. The number of rotatable bonds is 6. The number of hydrogen-bond donors (Lipinski definition) is 0. The molecule has 0 aliphatic heterocycles. The lowest BCUT2D eigenvalue weighted by molar-refractivity contribution is 0.120. The Morgan fingerprint density at radius 3 is 2.04 bits per heavy atom.